The molecule has 0 saturated heterocycles. The number of rotatable bonds is 5. The molecular weight excluding hydrogens is 288 g/mol. The predicted octanol–water partition coefficient (Wildman–Crippen LogP) is 3.46. The molecule has 1 fully saturated rings. The van der Waals surface area contributed by atoms with Crippen LogP contribution in [-0.4, -0.2) is 21.8 Å². The Balaban J connectivity index is 1.79. The molecule has 6 heteroatoms. The van der Waals surface area contributed by atoms with Crippen LogP contribution in [0.5, 0.6) is 0 Å². The lowest BCUT2D eigenvalue weighted by atomic mass is 10.1. The third-order valence-corrected chi connectivity index (χ3v) is 4.34. The van der Waals surface area contributed by atoms with E-state index in [1.807, 2.05) is 22.4 Å². The Morgan fingerprint density at radius 2 is 2.00 bits per heavy atom. The molecule has 0 radical (unpaired) electrons. The van der Waals surface area contributed by atoms with Crippen LogP contribution in [0.4, 0.5) is 5.69 Å². The minimum absolute atomic E-state index is 0.00257. The third kappa shape index (κ3) is 3.11. The van der Waals surface area contributed by atoms with Crippen LogP contribution in [0.1, 0.15) is 28.1 Å². The first-order valence-electron chi connectivity index (χ1n) is 6.73. The van der Waals surface area contributed by atoms with Gasteiger partial charge in [0.15, 0.2) is 0 Å². The van der Waals surface area contributed by atoms with E-state index in [1.165, 1.54) is 24.3 Å². The summed E-state index contributed by atoms with van der Waals surface area (Å²) in [6, 6.07) is 10.1. The van der Waals surface area contributed by atoms with E-state index >= 15 is 0 Å². The molecule has 21 heavy (non-hydrogen) atoms. The monoisotopic (exact) mass is 302 g/mol. The number of thiophene rings is 1. The maximum atomic E-state index is 12.6. The summed E-state index contributed by atoms with van der Waals surface area (Å²) in [6.45, 7) is 0.609. The SMILES string of the molecule is O=C(c1ccc([N+](=O)[O-])cc1)N(Cc1cccs1)C1CC1. The standard InChI is InChI=1S/C15H14N2O3S/c18-15(11-3-5-13(6-4-11)17(19)20)16(12-7-8-12)10-14-2-1-9-21-14/h1-6,9,12H,7-8,10H2. The normalized spacial score (nSPS) is 13.9. The fourth-order valence-electron chi connectivity index (χ4n) is 2.21. The van der Waals surface area contributed by atoms with Gasteiger partial charge in [-0.25, -0.2) is 0 Å². The second-order valence-electron chi connectivity index (χ2n) is 5.05. The maximum absolute atomic E-state index is 12.6. The minimum Gasteiger partial charge on any atom is -0.331 e. The predicted molar refractivity (Wildman–Crippen MR) is 80.3 cm³/mol. The minimum atomic E-state index is -0.460. The highest BCUT2D eigenvalue weighted by molar-refractivity contribution is 7.09. The molecule has 1 saturated carbocycles. The second kappa shape index (κ2) is 5.65. The molecule has 1 aromatic carbocycles. The zero-order chi connectivity index (χ0) is 14.8. The lowest BCUT2D eigenvalue weighted by Gasteiger charge is -2.21. The Morgan fingerprint density at radius 1 is 1.29 bits per heavy atom. The first-order valence-corrected chi connectivity index (χ1v) is 7.61. The van der Waals surface area contributed by atoms with Crippen molar-refractivity contribution < 1.29 is 9.72 Å². The number of carbonyl (C=O) groups excluding carboxylic acids is 1. The third-order valence-electron chi connectivity index (χ3n) is 3.48. The van der Waals surface area contributed by atoms with Crippen LogP contribution in [0.2, 0.25) is 0 Å². The van der Waals surface area contributed by atoms with Crippen molar-refractivity contribution in [2.45, 2.75) is 25.4 Å². The Hall–Kier alpha value is -2.21. The van der Waals surface area contributed by atoms with Crippen molar-refractivity contribution in [3.63, 3.8) is 0 Å². The van der Waals surface area contributed by atoms with Crippen LogP contribution in [0.15, 0.2) is 41.8 Å². The van der Waals surface area contributed by atoms with Gasteiger partial charge in [-0.3, -0.25) is 14.9 Å². The summed E-state index contributed by atoms with van der Waals surface area (Å²) < 4.78 is 0. The number of nitro benzene ring substituents is 1. The van der Waals surface area contributed by atoms with Gasteiger partial charge < -0.3 is 4.90 Å². The summed E-state index contributed by atoms with van der Waals surface area (Å²) in [7, 11) is 0. The molecule has 5 nitrogen and oxygen atoms in total. The van der Waals surface area contributed by atoms with E-state index in [0.29, 0.717) is 18.2 Å². The van der Waals surface area contributed by atoms with E-state index in [1.54, 1.807) is 11.3 Å². The van der Waals surface area contributed by atoms with Crippen molar-refractivity contribution in [3.05, 3.63) is 62.3 Å². The van der Waals surface area contributed by atoms with Gasteiger partial charge in [0.25, 0.3) is 11.6 Å². The van der Waals surface area contributed by atoms with Crippen LogP contribution < -0.4 is 0 Å². The van der Waals surface area contributed by atoms with Crippen molar-refractivity contribution in [3.8, 4) is 0 Å². The topological polar surface area (TPSA) is 63.4 Å². The summed E-state index contributed by atoms with van der Waals surface area (Å²) >= 11 is 1.63. The number of non-ortho nitro benzene ring substituents is 1. The van der Waals surface area contributed by atoms with Crippen LogP contribution in [0, 0.1) is 10.1 Å². The van der Waals surface area contributed by atoms with E-state index in [2.05, 4.69) is 0 Å². The summed E-state index contributed by atoms with van der Waals surface area (Å²) in [4.78, 5) is 25.8. The number of carbonyl (C=O) groups is 1. The molecule has 1 aliphatic rings. The van der Waals surface area contributed by atoms with Crippen LogP contribution in [0.25, 0.3) is 0 Å². The number of benzene rings is 1. The Bertz CT molecular complexity index is 648. The zero-order valence-corrected chi connectivity index (χ0v) is 12.1. The highest BCUT2D eigenvalue weighted by atomic mass is 32.1. The van der Waals surface area contributed by atoms with Crippen molar-refractivity contribution in [2.75, 3.05) is 0 Å². The summed E-state index contributed by atoms with van der Waals surface area (Å²) in [5.74, 6) is -0.0548. The number of nitro groups is 1. The van der Waals surface area contributed by atoms with Crippen LogP contribution in [-0.2, 0) is 6.54 Å². The quantitative estimate of drug-likeness (QED) is 0.627. The molecular formula is C15H14N2O3S. The van der Waals surface area contributed by atoms with E-state index in [4.69, 9.17) is 0 Å². The molecule has 0 spiro atoms. The highest BCUT2D eigenvalue weighted by Crippen LogP contribution is 2.30. The van der Waals surface area contributed by atoms with Crippen LogP contribution in [0.3, 0.4) is 0 Å². The van der Waals surface area contributed by atoms with E-state index in [9.17, 15) is 14.9 Å². The largest absolute Gasteiger partial charge is 0.331 e. The second-order valence-corrected chi connectivity index (χ2v) is 6.08. The lowest BCUT2D eigenvalue weighted by molar-refractivity contribution is -0.384. The van der Waals surface area contributed by atoms with Gasteiger partial charge in [0.05, 0.1) is 11.5 Å². The molecule has 1 aromatic heterocycles. The average Bonchev–Trinajstić information content (AvgIpc) is 3.20. The van der Waals surface area contributed by atoms with Gasteiger partial charge in [0.2, 0.25) is 0 Å². The number of amides is 1. The molecule has 3 rings (SSSR count). The molecule has 0 unspecified atom stereocenters. The molecule has 0 aliphatic heterocycles. The van der Waals surface area contributed by atoms with E-state index < -0.39 is 4.92 Å². The van der Waals surface area contributed by atoms with Gasteiger partial charge in [0, 0.05) is 28.6 Å². The van der Waals surface area contributed by atoms with Crippen LogP contribution >= 0.6 is 11.3 Å². The van der Waals surface area contributed by atoms with Gasteiger partial charge in [-0.05, 0) is 36.4 Å². The molecule has 0 N–H and O–H groups in total. The Morgan fingerprint density at radius 3 is 2.52 bits per heavy atom. The molecule has 1 aliphatic carbocycles. The molecule has 1 amide bonds. The van der Waals surface area contributed by atoms with E-state index in [0.717, 1.165) is 17.7 Å². The van der Waals surface area contributed by atoms with Gasteiger partial charge in [-0.1, -0.05) is 6.07 Å². The summed E-state index contributed by atoms with van der Waals surface area (Å²) in [5.41, 5.74) is 0.506. The van der Waals surface area contributed by atoms with Gasteiger partial charge in [-0.15, -0.1) is 11.3 Å². The molecule has 0 bridgehead atoms. The fraction of sp³-hybridized carbons (Fsp3) is 0.267. The first-order chi connectivity index (χ1) is 10.1. The lowest BCUT2D eigenvalue weighted by Crippen LogP contribution is -2.32. The molecule has 1 heterocycles. The smallest absolute Gasteiger partial charge is 0.269 e. The van der Waals surface area contributed by atoms with E-state index in [-0.39, 0.29) is 11.6 Å². The maximum Gasteiger partial charge on any atom is 0.269 e. The van der Waals surface area contributed by atoms with Crippen molar-refractivity contribution in [1.82, 2.24) is 4.90 Å². The summed E-state index contributed by atoms with van der Waals surface area (Å²) in [5, 5.41) is 12.7. The number of hydrogen-bond donors (Lipinski definition) is 0. The Kier molecular flexibility index (Phi) is 3.70. The fourth-order valence-corrected chi connectivity index (χ4v) is 2.92. The number of nitrogens with zero attached hydrogens (tertiary/aromatic N) is 2. The first kappa shape index (κ1) is 13.8. The number of hydrogen-bond acceptors (Lipinski definition) is 4. The highest BCUT2D eigenvalue weighted by Gasteiger charge is 2.33. The van der Waals surface area contributed by atoms with Gasteiger partial charge >= 0.3 is 0 Å². The average molecular weight is 302 g/mol. The van der Waals surface area contributed by atoms with Crippen molar-refractivity contribution >= 4 is 22.9 Å². The molecule has 2 aromatic rings. The van der Waals surface area contributed by atoms with Crippen molar-refractivity contribution in [2.24, 2.45) is 0 Å². The van der Waals surface area contributed by atoms with Crippen molar-refractivity contribution in [1.29, 1.82) is 0 Å². The summed E-state index contributed by atoms with van der Waals surface area (Å²) in [6.07, 6.45) is 2.06. The Labute approximate surface area is 126 Å². The van der Waals surface area contributed by atoms with Gasteiger partial charge in [0.1, 0.15) is 0 Å². The van der Waals surface area contributed by atoms with Gasteiger partial charge in [-0.2, -0.15) is 0 Å². The zero-order valence-electron chi connectivity index (χ0n) is 11.3. The molecule has 108 valence electrons. The molecule has 0 atom stereocenters.